The summed E-state index contributed by atoms with van der Waals surface area (Å²) >= 11 is 5.81. The van der Waals surface area contributed by atoms with Gasteiger partial charge in [-0.3, -0.25) is 10.1 Å². The molecule has 3 rings (SSSR count). The summed E-state index contributed by atoms with van der Waals surface area (Å²) in [5.74, 6) is 0. The molecule has 0 saturated heterocycles. The van der Waals surface area contributed by atoms with Crippen LogP contribution in [0.1, 0.15) is 0 Å². The van der Waals surface area contributed by atoms with E-state index in [4.69, 9.17) is 11.6 Å². The second-order valence-corrected chi connectivity index (χ2v) is 5.90. The molecule has 0 fully saturated rings. The predicted octanol–water partition coefficient (Wildman–Crippen LogP) is 5.56. The average Bonchev–Trinajstić information content (AvgIpc) is 2.64. The van der Waals surface area contributed by atoms with Gasteiger partial charge in [-0.2, -0.15) is 0 Å². The van der Waals surface area contributed by atoms with Gasteiger partial charge in [-0.15, -0.1) is 0 Å². The first-order chi connectivity index (χ1) is 12.5. The summed E-state index contributed by atoms with van der Waals surface area (Å²) in [4.78, 5) is 22.3. The third kappa shape index (κ3) is 4.37. The third-order valence-electron chi connectivity index (χ3n) is 3.66. The molecule has 0 radical (unpaired) electrons. The molecule has 130 valence electrons. The number of urea groups is 1. The van der Waals surface area contributed by atoms with Crippen LogP contribution in [0.2, 0.25) is 5.02 Å². The van der Waals surface area contributed by atoms with Crippen LogP contribution in [0.25, 0.3) is 11.1 Å². The van der Waals surface area contributed by atoms with E-state index >= 15 is 0 Å². The van der Waals surface area contributed by atoms with Crippen LogP contribution in [0.15, 0.2) is 72.8 Å². The smallest absolute Gasteiger partial charge is 0.308 e. The van der Waals surface area contributed by atoms with Crippen LogP contribution >= 0.6 is 11.6 Å². The van der Waals surface area contributed by atoms with Crippen molar-refractivity contribution in [1.29, 1.82) is 0 Å². The molecule has 0 bridgehead atoms. The highest BCUT2D eigenvalue weighted by molar-refractivity contribution is 6.30. The Morgan fingerprint density at radius 3 is 1.65 bits per heavy atom. The second-order valence-electron chi connectivity index (χ2n) is 5.47. The summed E-state index contributed by atoms with van der Waals surface area (Å²) < 4.78 is 0. The molecular weight excluding hydrogens is 354 g/mol. The molecule has 2 N–H and O–H groups in total. The van der Waals surface area contributed by atoms with Gasteiger partial charge in [0.2, 0.25) is 0 Å². The van der Waals surface area contributed by atoms with Crippen molar-refractivity contribution in [1.82, 2.24) is 0 Å². The molecule has 26 heavy (non-hydrogen) atoms. The molecule has 0 aliphatic rings. The quantitative estimate of drug-likeness (QED) is 0.467. The summed E-state index contributed by atoms with van der Waals surface area (Å²) in [6, 6.07) is 19.9. The molecule has 0 spiro atoms. The summed E-state index contributed by atoms with van der Waals surface area (Å²) in [6.45, 7) is 0. The van der Waals surface area contributed by atoms with Gasteiger partial charge in [0.1, 0.15) is 0 Å². The van der Waals surface area contributed by atoms with Gasteiger partial charge in [0.15, 0.2) is 0 Å². The minimum atomic E-state index is -0.434. The van der Waals surface area contributed by atoms with Crippen molar-refractivity contribution in [2.75, 3.05) is 10.6 Å². The number of non-ortho nitro benzene ring substituents is 1. The largest absolute Gasteiger partial charge is 0.323 e. The van der Waals surface area contributed by atoms with E-state index in [0.717, 1.165) is 11.1 Å². The van der Waals surface area contributed by atoms with E-state index in [2.05, 4.69) is 10.6 Å². The number of halogens is 1. The molecule has 3 aromatic carbocycles. The Balaban J connectivity index is 1.64. The fourth-order valence-corrected chi connectivity index (χ4v) is 2.47. The maximum atomic E-state index is 12.0. The van der Waals surface area contributed by atoms with Crippen molar-refractivity contribution in [3.8, 4) is 11.1 Å². The van der Waals surface area contributed by atoms with Crippen LogP contribution < -0.4 is 10.6 Å². The highest BCUT2D eigenvalue weighted by Crippen LogP contribution is 2.24. The van der Waals surface area contributed by atoms with E-state index in [1.54, 1.807) is 48.5 Å². The Bertz CT molecular complexity index is 924. The lowest BCUT2D eigenvalue weighted by atomic mass is 10.1. The summed E-state index contributed by atoms with van der Waals surface area (Å²) in [5.41, 5.74) is 3.05. The highest BCUT2D eigenvalue weighted by atomic mass is 35.5. The van der Waals surface area contributed by atoms with Gasteiger partial charge in [0, 0.05) is 28.5 Å². The van der Waals surface area contributed by atoms with Crippen LogP contribution in [-0.4, -0.2) is 11.0 Å². The minimum absolute atomic E-state index is 0.0471. The number of amides is 2. The number of nitrogens with one attached hydrogen (secondary N) is 2. The predicted molar refractivity (Wildman–Crippen MR) is 103 cm³/mol. The first-order valence-corrected chi connectivity index (χ1v) is 8.07. The van der Waals surface area contributed by atoms with Crippen LogP contribution in [0, 0.1) is 10.1 Å². The Morgan fingerprint density at radius 1 is 0.769 bits per heavy atom. The zero-order chi connectivity index (χ0) is 18.5. The van der Waals surface area contributed by atoms with Gasteiger partial charge in [-0.1, -0.05) is 23.7 Å². The van der Waals surface area contributed by atoms with E-state index in [0.29, 0.717) is 16.4 Å². The number of nitro groups is 1. The minimum Gasteiger partial charge on any atom is -0.308 e. The monoisotopic (exact) mass is 367 g/mol. The van der Waals surface area contributed by atoms with Crippen molar-refractivity contribution < 1.29 is 9.72 Å². The number of rotatable bonds is 4. The molecule has 2 amide bonds. The highest BCUT2D eigenvalue weighted by Gasteiger charge is 2.06. The normalized spacial score (nSPS) is 10.2. The van der Waals surface area contributed by atoms with Crippen molar-refractivity contribution in [2.45, 2.75) is 0 Å². The van der Waals surface area contributed by atoms with E-state index in [-0.39, 0.29) is 11.7 Å². The molecule has 3 aromatic rings. The van der Waals surface area contributed by atoms with Gasteiger partial charge in [0.05, 0.1) is 4.92 Å². The summed E-state index contributed by atoms with van der Waals surface area (Å²) in [5, 5.41) is 16.7. The lowest BCUT2D eigenvalue weighted by Crippen LogP contribution is -2.19. The van der Waals surface area contributed by atoms with Crippen LogP contribution in [0.5, 0.6) is 0 Å². The molecular formula is C19H14ClN3O3. The number of nitro benzene ring substituents is 1. The Hall–Kier alpha value is -3.38. The van der Waals surface area contributed by atoms with Crippen molar-refractivity contribution >= 4 is 34.7 Å². The molecule has 0 aromatic heterocycles. The zero-order valence-electron chi connectivity index (χ0n) is 13.5. The second kappa shape index (κ2) is 7.67. The van der Waals surface area contributed by atoms with E-state index in [9.17, 15) is 14.9 Å². The Morgan fingerprint density at radius 2 is 1.19 bits per heavy atom. The number of anilines is 2. The van der Waals surface area contributed by atoms with Crippen LogP contribution in [0.4, 0.5) is 21.9 Å². The topological polar surface area (TPSA) is 84.3 Å². The van der Waals surface area contributed by atoms with E-state index < -0.39 is 4.92 Å². The number of hydrogen-bond acceptors (Lipinski definition) is 3. The van der Waals surface area contributed by atoms with Gasteiger partial charge in [-0.05, 0) is 59.7 Å². The standard InChI is InChI=1S/C19H14ClN3O3/c20-15-5-9-17(10-6-15)22-19(24)21-16-7-1-13(2-8-16)14-3-11-18(12-4-14)23(25)26/h1-12H,(H2,21,22,24). The fraction of sp³-hybridized carbons (Fsp3) is 0. The first kappa shape index (κ1) is 17.4. The van der Waals surface area contributed by atoms with Crippen molar-refractivity contribution in [3.63, 3.8) is 0 Å². The Kier molecular flexibility index (Phi) is 5.15. The van der Waals surface area contributed by atoms with Crippen molar-refractivity contribution in [3.05, 3.63) is 87.9 Å². The average molecular weight is 368 g/mol. The molecule has 7 heteroatoms. The van der Waals surface area contributed by atoms with Gasteiger partial charge < -0.3 is 10.6 Å². The maximum absolute atomic E-state index is 12.0. The first-order valence-electron chi connectivity index (χ1n) is 7.70. The zero-order valence-corrected chi connectivity index (χ0v) is 14.2. The molecule has 0 saturated carbocycles. The Labute approximate surface area is 154 Å². The molecule has 0 atom stereocenters. The van der Waals surface area contributed by atoms with Crippen molar-refractivity contribution in [2.24, 2.45) is 0 Å². The molecule has 0 aliphatic carbocycles. The molecule has 0 heterocycles. The fourth-order valence-electron chi connectivity index (χ4n) is 2.35. The van der Waals surface area contributed by atoms with E-state index in [1.807, 2.05) is 12.1 Å². The number of carbonyl (C=O) groups is 1. The summed E-state index contributed by atoms with van der Waals surface area (Å²) in [6.07, 6.45) is 0. The van der Waals surface area contributed by atoms with Gasteiger partial charge in [-0.25, -0.2) is 4.79 Å². The number of carbonyl (C=O) groups excluding carboxylic acids is 1. The third-order valence-corrected chi connectivity index (χ3v) is 3.91. The van der Waals surface area contributed by atoms with Crippen LogP contribution in [-0.2, 0) is 0 Å². The molecule has 0 unspecified atom stereocenters. The number of nitrogens with zero attached hydrogens (tertiary/aromatic N) is 1. The van der Waals surface area contributed by atoms with Gasteiger partial charge >= 0.3 is 6.03 Å². The van der Waals surface area contributed by atoms with E-state index in [1.165, 1.54) is 12.1 Å². The van der Waals surface area contributed by atoms with Crippen LogP contribution in [0.3, 0.4) is 0 Å². The summed E-state index contributed by atoms with van der Waals surface area (Å²) in [7, 11) is 0. The molecule has 0 aliphatic heterocycles. The maximum Gasteiger partial charge on any atom is 0.323 e. The SMILES string of the molecule is O=C(Nc1ccc(Cl)cc1)Nc1ccc(-c2ccc([N+](=O)[O-])cc2)cc1. The van der Waals surface area contributed by atoms with Gasteiger partial charge in [0.25, 0.3) is 5.69 Å². The number of hydrogen-bond donors (Lipinski definition) is 2. The number of benzene rings is 3. The lowest BCUT2D eigenvalue weighted by molar-refractivity contribution is -0.384. The lowest BCUT2D eigenvalue weighted by Gasteiger charge is -2.09. The molecule has 6 nitrogen and oxygen atoms in total.